The standard InChI is InChI=1S/C12H16N4OS/c1-6(4-9(13)17)16-11-10-7(2)8(3)18-12(10)15-5-14-11/h5-6H,4H2,1-3H3,(H2,13,17)(H,14,15,16). The van der Waals surface area contributed by atoms with Crippen molar-refractivity contribution in [3.05, 3.63) is 16.8 Å². The minimum atomic E-state index is -0.321. The Bertz CT molecular complexity index is 593. The van der Waals surface area contributed by atoms with Crippen molar-refractivity contribution in [1.82, 2.24) is 9.97 Å². The number of carbonyl (C=O) groups is 1. The van der Waals surface area contributed by atoms with Gasteiger partial charge in [-0.15, -0.1) is 11.3 Å². The number of hydrogen-bond acceptors (Lipinski definition) is 5. The summed E-state index contributed by atoms with van der Waals surface area (Å²) in [5, 5.41) is 4.26. The van der Waals surface area contributed by atoms with E-state index in [4.69, 9.17) is 5.73 Å². The topological polar surface area (TPSA) is 80.9 Å². The van der Waals surface area contributed by atoms with Crippen LogP contribution in [0.1, 0.15) is 23.8 Å². The van der Waals surface area contributed by atoms with E-state index >= 15 is 0 Å². The number of nitrogens with two attached hydrogens (primary N) is 1. The molecular formula is C12H16N4OS. The number of amides is 1. The second kappa shape index (κ2) is 4.89. The van der Waals surface area contributed by atoms with Gasteiger partial charge in [0, 0.05) is 17.3 Å². The third-order valence-corrected chi connectivity index (χ3v) is 3.97. The number of aromatic nitrogens is 2. The first-order valence-electron chi connectivity index (χ1n) is 5.74. The number of thiophene rings is 1. The summed E-state index contributed by atoms with van der Waals surface area (Å²) < 4.78 is 0. The molecule has 1 amide bonds. The van der Waals surface area contributed by atoms with Crippen LogP contribution in [0.15, 0.2) is 6.33 Å². The van der Waals surface area contributed by atoms with Crippen LogP contribution in [-0.4, -0.2) is 21.9 Å². The molecule has 3 N–H and O–H groups in total. The normalized spacial score (nSPS) is 12.6. The van der Waals surface area contributed by atoms with Crippen molar-refractivity contribution in [3.8, 4) is 0 Å². The Morgan fingerprint density at radius 1 is 1.50 bits per heavy atom. The molecule has 18 heavy (non-hydrogen) atoms. The number of nitrogens with one attached hydrogen (secondary N) is 1. The summed E-state index contributed by atoms with van der Waals surface area (Å²) in [5.74, 6) is 0.453. The van der Waals surface area contributed by atoms with E-state index in [1.807, 2.05) is 6.92 Å². The Labute approximate surface area is 109 Å². The van der Waals surface area contributed by atoms with Crippen molar-refractivity contribution in [3.63, 3.8) is 0 Å². The van der Waals surface area contributed by atoms with Crippen molar-refractivity contribution in [2.75, 3.05) is 5.32 Å². The average Bonchev–Trinajstić information content (AvgIpc) is 2.54. The number of anilines is 1. The molecule has 1 atom stereocenters. The quantitative estimate of drug-likeness (QED) is 0.884. The van der Waals surface area contributed by atoms with Crippen molar-refractivity contribution >= 4 is 33.3 Å². The molecule has 2 aromatic heterocycles. The Morgan fingerprint density at radius 3 is 2.89 bits per heavy atom. The van der Waals surface area contributed by atoms with E-state index in [-0.39, 0.29) is 18.4 Å². The fourth-order valence-corrected chi connectivity index (χ4v) is 2.87. The third-order valence-electron chi connectivity index (χ3n) is 2.86. The monoisotopic (exact) mass is 264 g/mol. The number of nitrogens with zero attached hydrogens (tertiary/aromatic N) is 2. The van der Waals surface area contributed by atoms with Gasteiger partial charge in [0.25, 0.3) is 0 Å². The lowest BCUT2D eigenvalue weighted by Crippen LogP contribution is -2.24. The van der Waals surface area contributed by atoms with Crippen molar-refractivity contribution in [2.45, 2.75) is 33.2 Å². The lowest BCUT2D eigenvalue weighted by atomic mass is 10.2. The van der Waals surface area contributed by atoms with Gasteiger partial charge in [-0.25, -0.2) is 9.97 Å². The summed E-state index contributed by atoms with van der Waals surface area (Å²) in [6.45, 7) is 6.03. The molecule has 96 valence electrons. The number of rotatable bonds is 4. The Morgan fingerprint density at radius 2 is 2.22 bits per heavy atom. The van der Waals surface area contributed by atoms with Crippen LogP contribution in [-0.2, 0) is 4.79 Å². The third kappa shape index (κ3) is 2.43. The van der Waals surface area contributed by atoms with Gasteiger partial charge in [0.05, 0.1) is 5.39 Å². The zero-order chi connectivity index (χ0) is 13.3. The van der Waals surface area contributed by atoms with Gasteiger partial charge >= 0.3 is 0 Å². The second-order valence-electron chi connectivity index (χ2n) is 4.40. The minimum absolute atomic E-state index is 0.0415. The van der Waals surface area contributed by atoms with Crippen molar-refractivity contribution < 1.29 is 4.79 Å². The lowest BCUT2D eigenvalue weighted by molar-refractivity contribution is -0.118. The maximum absolute atomic E-state index is 10.9. The molecule has 2 aromatic rings. The second-order valence-corrected chi connectivity index (χ2v) is 5.60. The van der Waals surface area contributed by atoms with Crippen LogP contribution in [0.5, 0.6) is 0 Å². The molecule has 5 nitrogen and oxygen atoms in total. The van der Waals surface area contributed by atoms with E-state index in [0.29, 0.717) is 0 Å². The smallest absolute Gasteiger partial charge is 0.219 e. The molecule has 0 aliphatic carbocycles. The zero-order valence-corrected chi connectivity index (χ0v) is 11.5. The van der Waals surface area contributed by atoms with E-state index in [1.165, 1.54) is 16.8 Å². The number of aryl methyl sites for hydroxylation is 2. The Kier molecular flexibility index (Phi) is 3.47. The highest BCUT2D eigenvalue weighted by Gasteiger charge is 2.14. The molecule has 0 radical (unpaired) electrons. The summed E-state index contributed by atoms with van der Waals surface area (Å²) in [5.41, 5.74) is 6.37. The van der Waals surface area contributed by atoms with Gasteiger partial charge < -0.3 is 11.1 Å². The number of hydrogen-bond donors (Lipinski definition) is 2. The fourth-order valence-electron chi connectivity index (χ4n) is 1.88. The summed E-state index contributed by atoms with van der Waals surface area (Å²) in [4.78, 5) is 21.6. The molecule has 0 spiro atoms. The molecule has 0 fully saturated rings. The van der Waals surface area contributed by atoms with Gasteiger partial charge in [-0.1, -0.05) is 0 Å². The highest BCUT2D eigenvalue weighted by atomic mass is 32.1. The van der Waals surface area contributed by atoms with Gasteiger partial charge in [-0.05, 0) is 26.3 Å². The van der Waals surface area contributed by atoms with Crippen LogP contribution < -0.4 is 11.1 Å². The predicted molar refractivity (Wildman–Crippen MR) is 73.8 cm³/mol. The molecule has 0 aliphatic heterocycles. The fraction of sp³-hybridized carbons (Fsp3) is 0.417. The average molecular weight is 264 g/mol. The van der Waals surface area contributed by atoms with Crippen molar-refractivity contribution in [2.24, 2.45) is 5.73 Å². The minimum Gasteiger partial charge on any atom is -0.370 e. The van der Waals surface area contributed by atoms with Crippen LogP contribution in [0.25, 0.3) is 10.2 Å². The number of fused-ring (bicyclic) bond motifs is 1. The van der Waals surface area contributed by atoms with E-state index in [2.05, 4.69) is 29.1 Å². The maximum Gasteiger partial charge on any atom is 0.219 e. The first kappa shape index (κ1) is 12.8. The molecule has 0 aliphatic rings. The van der Waals surface area contributed by atoms with Gasteiger partial charge in [-0.3, -0.25) is 4.79 Å². The molecule has 6 heteroatoms. The molecule has 0 saturated carbocycles. The van der Waals surface area contributed by atoms with Gasteiger partial charge in [-0.2, -0.15) is 0 Å². The summed E-state index contributed by atoms with van der Waals surface area (Å²) in [7, 11) is 0. The molecule has 0 saturated heterocycles. The largest absolute Gasteiger partial charge is 0.370 e. The van der Waals surface area contributed by atoms with Gasteiger partial charge in [0.15, 0.2) is 0 Å². The predicted octanol–water partition coefficient (Wildman–Crippen LogP) is 1.98. The highest BCUT2D eigenvalue weighted by molar-refractivity contribution is 7.18. The SMILES string of the molecule is Cc1sc2ncnc(NC(C)CC(N)=O)c2c1C. The van der Waals surface area contributed by atoms with E-state index < -0.39 is 0 Å². The van der Waals surface area contributed by atoms with Crippen LogP contribution in [0.3, 0.4) is 0 Å². The Hall–Kier alpha value is -1.69. The van der Waals surface area contributed by atoms with E-state index in [1.54, 1.807) is 11.3 Å². The Balaban J connectivity index is 2.36. The molecule has 0 aromatic carbocycles. The summed E-state index contributed by atoms with van der Waals surface area (Å²) >= 11 is 1.65. The maximum atomic E-state index is 10.9. The number of carbonyl (C=O) groups excluding carboxylic acids is 1. The molecule has 0 bridgehead atoms. The molecule has 2 rings (SSSR count). The van der Waals surface area contributed by atoms with Crippen LogP contribution in [0, 0.1) is 13.8 Å². The highest BCUT2D eigenvalue weighted by Crippen LogP contribution is 2.32. The van der Waals surface area contributed by atoms with Gasteiger partial charge in [0.1, 0.15) is 17.0 Å². The molecular weight excluding hydrogens is 248 g/mol. The van der Waals surface area contributed by atoms with Crippen LogP contribution in [0.2, 0.25) is 0 Å². The lowest BCUT2D eigenvalue weighted by Gasteiger charge is -2.13. The van der Waals surface area contributed by atoms with E-state index in [9.17, 15) is 4.79 Å². The zero-order valence-electron chi connectivity index (χ0n) is 10.7. The van der Waals surface area contributed by atoms with Crippen LogP contribution >= 0.6 is 11.3 Å². The van der Waals surface area contributed by atoms with E-state index in [0.717, 1.165) is 16.0 Å². The summed E-state index contributed by atoms with van der Waals surface area (Å²) in [6.07, 6.45) is 1.82. The van der Waals surface area contributed by atoms with Crippen LogP contribution in [0.4, 0.5) is 5.82 Å². The van der Waals surface area contributed by atoms with Gasteiger partial charge in [0.2, 0.25) is 5.91 Å². The number of primary amides is 1. The molecule has 2 heterocycles. The molecule has 1 unspecified atom stereocenters. The summed E-state index contributed by atoms with van der Waals surface area (Å²) in [6, 6.07) is -0.0415. The first-order valence-corrected chi connectivity index (χ1v) is 6.56. The first-order chi connectivity index (χ1) is 8.49. The van der Waals surface area contributed by atoms with Crippen molar-refractivity contribution in [1.29, 1.82) is 0 Å².